The maximum Gasteiger partial charge on any atom is 0.101 e. The number of rotatable bonds is 2. The Balaban J connectivity index is 1.85. The van der Waals surface area contributed by atoms with E-state index in [0.29, 0.717) is 0 Å². The van der Waals surface area contributed by atoms with Gasteiger partial charge in [-0.05, 0) is 67.5 Å². The van der Waals surface area contributed by atoms with E-state index in [1.54, 1.807) is 5.57 Å². The summed E-state index contributed by atoms with van der Waals surface area (Å²) in [5, 5.41) is 0. The molecule has 4 rings (SSSR count). The van der Waals surface area contributed by atoms with Crippen molar-refractivity contribution in [2.45, 2.75) is 51.7 Å². The quantitative estimate of drug-likeness (QED) is 0.628. The molecule has 0 radical (unpaired) electrons. The van der Waals surface area contributed by atoms with Gasteiger partial charge in [0.1, 0.15) is 6.17 Å². The molecule has 1 heterocycles. The second-order valence-corrected chi connectivity index (χ2v) is 8.21. The molecule has 0 aromatic heterocycles. The highest BCUT2D eigenvalue weighted by atomic mass is 15.4. The fourth-order valence-corrected chi connectivity index (χ4v) is 5.08. The van der Waals surface area contributed by atoms with E-state index in [2.05, 4.69) is 99.0 Å². The van der Waals surface area contributed by atoms with Crippen molar-refractivity contribution in [2.75, 3.05) is 7.05 Å². The van der Waals surface area contributed by atoms with Gasteiger partial charge in [-0.3, -0.25) is 0 Å². The maximum absolute atomic E-state index is 4.26. The average molecular weight is 359 g/mol. The Kier molecular flexibility index (Phi) is 4.38. The van der Waals surface area contributed by atoms with Crippen molar-refractivity contribution in [1.82, 2.24) is 9.80 Å². The van der Waals surface area contributed by atoms with Gasteiger partial charge in [0.15, 0.2) is 0 Å². The van der Waals surface area contributed by atoms with Gasteiger partial charge in [0.05, 0.1) is 5.54 Å². The van der Waals surface area contributed by atoms with Crippen molar-refractivity contribution >= 4 is 5.57 Å². The van der Waals surface area contributed by atoms with E-state index >= 15 is 0 Å². The second-order valence-electron chi connectivity index (χ2n) is 8.21. The summed E-state index contributed by atoms with van der Waals surface area (Å²) < 4.78 is 0. The number of likely N-dealkylation sites (N-methyl/N-ethyl adjacent to an activating group) is 1. The lowest BCUT2D eigenvalue weighted by molar-refractivity contribution is 0.0758. The fraction of sp³-hybridized carbons (Fsp3) is 0.360. The Hall–Kier alpha value is -2.48. The lowest BCUT2D eigenvalue weighted by Gasteiger charge is -2.50. The molecule has 1 aromatic rings. The Morgan fingerprint density at radius 2 is 1.96 bits per heavy atom. The predicted octanol–water partition coefficient (Wildman–Crippen LogP) is 5.67. The molecule has 0 saturated heterocycles. The highest BCUT2D eigenvalue weighted by Gasteiger charge is 2.43. The number of fused-ring (bicyclic) bond motifs is 2. The largest absolute Gasteiger partial charge is 0.355 e. The molecule has 2 nitrogen and oxygen atoms in total. The zero-order valence-electron chi connectivity index (χ0n) is 17.0. The number of hydrogen-bond acceptors (Lipinski definition) is 2. The van der Waals surface area contributed by atoms with E-state index < -0.39 is 0 Å². The van der Waals surface area contributed by atoms with Crippen LogP contribution in [0.3, 0.4) is 0 Å². The van der Waals surface area contributed by atoms with E-state index in [1.807, 2.05) is 0 Å². The van der Waals surface area contributed by atoms with Gasteiger partial charge >= 0.3 is 0 Å². The first-order chi connectivity index (χ1) is 13.0. The molecule has 0 spiro atoms. The van der Waals surface area contributed by atoms with E-state index in [9.17, 15) is 0 Å². The van der Waals surface area contributed by atoms with E-state index in [4.69, 9.17) is 0 Å². The maximum atomic E-state index is 4.26. The van der Waals surface area contributed by atoms with Crippen LogP contribution in [0.4, 0.5) is 0 Å². The summed E-state index contributed by atoms with van der Waals surface area (Å²) in [6, 6.07) is 8.93. The standard InChI is InChI=1S/C25H30N2/c1-6-24-26(5)19(3)11-9-10-14-27(24)25(4)17-18(2)15-22-21-13-8-7-12-20(21)16-23(22)25/h7-14,17,24H,3,6,15-16H2,1-2,4-5H3/b11-9-,14-10-. The SMILES string of the molecule is C=C1/C=C\C=C/N(C2(C)C=C(C)CC3=C2Cc2ccccc23)C(CC)N1C. The van der Waals surface area contributed by atoms with Gasteiger partial charge in [0.25, 0.3) is 0 Å². The zero-order valence-corrected chi connectivity index (χ0v) is 17.0. The summed E-state index contributed by atoms with van der Waals surface area (Å²) in [5.74, 6) is 0. The van der Waals surface area contributed by atoms with Crippen molar-refractivity contribution in [3.63, 3.8) is 0 Å². The molecule has 2 aliphatic carbocycles. The number of hydrogen-bond donors (Lipinski definition) is 0. The summed E-state index contributed by atoms with van der Waals surface area (Å²) in [5.41, 5.74) is 8.39. The van der Waals surface area contributed by atoms with Crippen LogP contribution in [0, 0.1) is 0 Å². The average Bonchev–Trinajstić information content (AvgIpc) is 3.02. The number of nitrogens with zero attached hydrogens (tertiary/aromatic N) is 2. The molecule has 2 heteroatoms. The first kappa shape index (κ1) is 17.9. The van der Waals surface area contributed by atoms with Gasteiger partial charge in [-0.15, -0.1) is 0 Å². The molecule has 2 atom stereocenters. The first-order valence-corrected chi connectivity index (χ1v) is 10.00. The smallest absolute Gasteiger partial charge is 0.101 e. The van der Waals surface area contributed by atoms with Crippen LogP contribution in [0.25, 0.3) is 5.57 Å². The minimum atomic E-state index is -0.131. The van der Waals surface area contributed by atoms with Crippen LogP contribution < -0.4 is 0 Å². The van der Waals surface area contributed by atoms with Crippen LogP contribution in [0.5, 0.6) is 0 Å². The molecular weight excluding hydrogens is 328 g/mol. The molecule has 140 valence electrons. The zero-order chi connectivity index (χ0) is 19.2. The molecule has 1 aliphatic heterocycles. The molecule has 0 fully saturated rings. The molecule has 3 aliphatic rings. The minimum absolute atomic E-state index is 0.131. The van der Waals surface area contributed by atoms with Gasteiger partial charge in [-0.2, -0.15) is 0 Å². The van der Waals surface area contributed by atoms with E-state index in [-0.39, 0.29) is 11.7 Å². The summed E-state index contributed by atoms with van der Waals surface area (Å²) >= 11 is 0. The summed E-state index contributed by atoms with van der Waals surface area (Å²) in [7, 11) is 2.16. The van der Waals surface area contributed by atoms with Crippen molar-refractivity contribution in [3.8, 4) is 0 Å². The molecular formula is C25H30N2. The van der Waals surface area contributed by atoms with Crippen molar-refractivity contribution in [3.05, 3.63) is 89.3 Å². The normalized spacial score (nSPS) is 29.7. The molecule has 0 bridgehead atoms. The van der Waals surface area contributed by atoms with Crippen molar-refractivity contribution < 1.29 is 0 Å². The molecule has 0 N–H and O–H groups in total. The van der Waals surface area contributed by atoms with Crippen LogP contribution >= 0.6 is 0 Å². The number of allylic oxidation sites excluding steroid dienone is 5. The highest BCUT2D eigenvalue weighted by molar-refractivity contribution is 5.81. The Labute approximate surface area is 163 Å². The molecule has 27 heavy (non-hydrogen) atoms. The summed E-state index contributed by atoms with van der Waals surface area (Å²) in [4.78, 5) is 4.86. The third-order valence-corrected chi connectivity index (χ3v) is 6.44. The third-order valence-electron chi connectivity index (χ3n) is 6.44. The first-order valence-electron chi connectivity index (χ1n) is 10.00. The van der Waals surface area contributed by atoms with E-state index in [0.717, 1.165) is 25.0 Å². The van der Waals surface area contributed by atoms with Crippen molar-refractivity contribution in [2.24, 2.45) is 0 Å². The molecule has 1 aromatic carbocycles. The van der Waals surface area contributed by atoms with Gasteiger partial charge in [-0.25, -0.2) is 0 Å². The minimum Gasteiger partial charge on any atom is -0.355 e. The molecule has 0 amide bonds. The third kappa shape index (κ3) is 2.79. The monoisotopic (exact) mass is 358 g/mol. The Morgan fingerprint density at radius 1 is 1.19 bits per heavy atom. The lowest BCUT2D eigenvalue weighted by Crippen LogP contribution is -2.55. The Bertz CT molecular complexity index is 899. The van der Waals surface area contributed by atoms with Crippen LogP contribution in [0.2, 0.25) is 0 Å². The van der Waals surface area contributed by atoms with Crippen LogP contribution in [0.1, 0.15) is 44.7 Å². The number of benzene rings is 1. The summed E-state index contributed by atoms with van der Waals surface area (Å²) in [6.07, 6.45) is 14.5. The van der Waals surface area contributed by atoms with Crippen LogP contribution in [0.15, 0.2) is 78.2 Å². The van der Waals surface area contributed by atoms with E-state index in [1.165, 1.54) is 22.3 Å². The van der Waals surface area contributed by atoms with Gasteiger partial charge in [0, 0.05) is 18.9 Å². The second kappa shape index (κ2) is 6.60. The fourth-order valence-electron chi connectivity index (χ4n) is 5.08. The highest BCUT2D eigenvalue weighted by Crippen LogP contribution is 2.48. The van der Waals surface area contributed by atoms with Gasteiger partial charge in [0.2, 0.25) is 0 Å². The van der Waals surface area contributed by atoms with Crippen LogP contribution in [-0.4, -0.2) is 28.6 Å². The Morgan fingerprint density at radius 3 is 2.74 bits per heavy atom. The topological polar surface area (TPSA) is 6.48 Å². The lowest BCUT2D eigenvalue weighted by atomic mass is 9.78. The predicted molar refractivity (Wildman–Crippen MR) is 115 cm³/mol. The van der Waals surface area contributed by atoms with Gasteiger partial charge in [-0.1, -0.05) is 55.5 Å². The molecule has 0 saturated carbocycles. The van der Waals surface area contributed by atoms with Gasteiger partial charge < -0.3 is 9.80 Å². The summed E-state index contributed by atoms with van der Waals surface area (Å²) in [6.45, 7) is 11.2. The molecule has 2 unspecified atom stereocenters. The van der Waals surface area contributed by atoms with Crippen molar-refractivity contribution in [1.29, 1.82) is 0 Å². The van der Waals surface area contributed by atoms with Crippen LogP contribution in [-0.2, 0) is 6.42 Å².